The van der Waals surface area contributed by atoms with Gasteiger partial charge in [-0.1, -0.05) is 43.5 Å². The van der Waals surface area contributed by atoms with Crippen LogP contribution in [-0.2, 0) is 5.41 Å². The molecule has 0 amide bonds. The van der Waals surface area contributed by atoms with Crippen molar-refractivity contribution in [1.82, 2.24) is 0 Å². The molecule has 0 bridgehead atoms. The van der Waals surface area contributed by atoms with E-state index in [9.17, 15) is 10.5 Å². The van der Waals surface area contributed by atoms with Crippen LogP contribution in [0.5, 0.6) is 0 Å². The second kappa shape index (κ2) is 6.50. The number of benzene rings is 2. The van der Waals surface area contributed by atoms with Crippen molar-refractivity contribution in [3.8, 4) is 12.1 Å². The van der Waals surface area contributed by atoms with Crippen LogP contribution in [0.3, 0.4) is 0 Å². The van der Waals surface area contributed by atoms with Crippen molar-refractivity contribution < 1.29 is 0 Å². The van der Waals surface area contributed by atoms with E-state index in [1.54, 1.807) is 0 Å². The van der Waals surface area contributed by atoms with E-state index >= 15 is 0 Å². The molecule has 3 rings (SSSR count). The van der Waals surface area contributed by atoms with E-state index in [1.807, 2.05) is 26.0 Å². The Kier molecular flexibility index (Phi) is 4.41. The molecule has 0 saturated heterocycles. The van der Waals surface area contributed by atoms with Crippen LogP contribution in [-0.4, -0.2) is 0 Å². The molecule has 0 aliphatic heterocycles. The Morgan fingerprint density at radius 2 is 1.21 bits per heavy atom. The molecule has 0 atom stereocenters. The quantitative estimate of drug-likeness (QED) is 0.755. The first-order valence-electron chi connectivity index (χ1n) is 8.63. The number of hydrogen-bond acceptors (Lipinski definition) is 2. The second-order valence-corrected chi connectivity index (χ2v) is 6.93. The molecule has 0 N–H and O–H groups in total. The summed E-state index contributed by atoms with van der Waals surface area (Å²) in [7, 11) is 0. The summed E-state index contributed by atoms with van der Waals surface area (Å²) in [4.78, 5) is 0. The van der Waals surface area contributed by atoms with Gasteiger partial charge in [-0.15, -0.1) is 0 Å². The Balaban J connectivity index is 2.15. The Hall–Kier alpha value is -2.58. The zero-order chi connectivity index (χ0) is 17.2. The molecule has 1 aliphatic carbocycles. The fourth-order valence-electron chi connectivity index (χ4n) is 4.07. The van der Waals surface area contributed by atoms with Gasteiger partial charge in [0.15, 0.2) is 0 Å². The molecule has 0 unspecified atom stereocenters. The van der Waals surface area contributed by atoms with Gasteiger partial charge < -0.3 is 0 Å². The first-order chi connectivity index (χ1) is 11.6. The van der Waals surface area contributed by atoms with E-state index in [2.05, 4.69) is 36.4 Å². The predicted molar refractivity (Wildman–Crippen MR) is 95.7 cm³/mol. The maximum atomic E-state index is 9.21. The average molecular weight is 314 g/mol. The minimum atomic E-state index is 0.00966. The topological polar surface area (TPSA) is 47.6 Å². The summed E-state index contributed by atoms with van der Waals surface area (Å²) in [5.41, 5.74) is 6.22. The fraction of sp³-hybridized carbons (Fsp3) is 0.364. The molecule has 1 fully saturated rings. The minimum absolute atomic E-state index is 0.00966. The highest BCUT2D eigenvalue weighted by atomic mass is 14.4. The molecule has 0 heterocycles. The van der Waals surface area contributed by atoms with Crippen LogP contribution in [0.4, 0.5) is 0 Å². The second-order valence-electron chi connectivity index (χ2n) is 6.93. The van der Waals surface area contributed by atoms with Gasteiger partial charge in [0.2, 0.25) is 0 Å². The summed E-state index contributed by atoms with van der Waals surface area (Å²) in [6.07, 6.45) is 5.98. The molecule has 2 aromatic carbocycles. The van der Waals surface area contributed by atoms with Crippen LogP contribution in [0.1, 0.15) is 65.5 Å². The summed E-state index contributed by atoms with van der Waals surface area (Å²) >= 11 is 0. The van der Waals surface area contributed by atoms with Crippen molar-refractivity contribution in [2.45, 2.75) is 51.4 Å². The van der Waals surface area contributed by atoms with Crippen LogP contribution in [0, 0.1) is 36.5 Å². The first kappa shape index (κ1) is 16.3. The highest BCUT2D eigenvalue weighted by molar-refractivity contribution is 5.49. The third kappa shape index (κ3) is 2.70. The molecule has 0 radical (unpaired) electrons. The van der Waals surface area contributed by atoms with Crippen LogP contribution in [0.15, 0.2) is 36.4 Å². The minimum Gasteiger partial charge on any atom is -0.192 e. The molecule has 0 aromatic heterocycles. The van der Waals surface area contributed by atoms with Crippen molar-refractivity contribution >= 4 is 0 Å². The molecule has 0 spiro atoms. The maximum Gasteiger partial charge on any atom is 0.0994 e. The number of nitriles is 2. The summed E-state index contributed by atoms with van der Waals surface area (Å²) in [6.45, 7) is 4.03. The van der Waals surface area contributed by atoms with E-state index < -0.39 is 0 Å². The first-order valence-corrected chi connectivity index (χ1v) is 8.63. The number of aryl methyl sites for hydroxylation is 2. The van der Waals surface area contributed by atoms with E-state index in [0.29, 0.717) is 0 Å². The highest BCUT2D eigenvalue weighted by Gasteiger charge is 2.36. The third-order valence-corrected chi connectivity index (χ3v) is 5.51. The van der Waals surface area contributed by atoms with Crippen molar-refractivity contribution in [2.75, 3.05) is 0 Å². The smallest absolute Gasteiger partial charge is 0.0994 e. The van der Waals surface area contributed by atoms with Gasteiger partial charge in [0.25, 0.3) is 0 Å². The lowest BCUT2D eigenvalue weighted by Gasteiger charge is -2.39. The third-order valence-electron chi connectivity index (χ3n) is 5.51. The Bertz CT molecular complexity index is 778. The lowest BCUT2D eigenvalue weighted by molar-refractivity contribution is 0.345. The molecule has 1 saturated carbocycles. The van der Waals surface area contributed by atoms with Crippen molar-refractivity contribution in [3.05, 3.63) is 69.8 Å². The molecular formula is C22H22N2. The maximum absolute atomic E-state index is 9.21. The van der Waals surface area contributed by atoms with Gasteiger partial charge in [-0.3, -0.25) is 0 Å². The van der Waals surface area contributed by atoms with Crippen molar-refractivity contribution in [1.29, 1.82) is 10.5 Å². The molecule has 24 heavy (non-hydrogen) atoms. The lowest BCUT2D eigenvalue weighted by atomic mass is 9.64. The zero-order valence-electron chi connectivity index (χ0n) is 14.4. The van der Waals surface area contributed by atoms with Gasteiger partial charge in [-0.2, -0.15) is 10.5 Å². The van der Waals surface area contributed by atoms with E-state index in [4.69, 9.17) is 0 Å². The van der Waals surface area contributed by atoms with Gasteiger partial charge in [-0.05, 0) is 61.1 Å². The molecule has 2 heteroatoms. The standard InChI is InChI=1S/C22H22N2/c1-16-12-20(8-6-18(16)14-23)22(10-4-3-5-11-22)21-9-7-19(15-24)17(2)13-21/h6-9,12-13H,3-5,10-11H2,1-2H3. The van der Waals surface area contributed by atoms with Gasteiger partial charge in [0.05, 0.1) is 23.3 Å². The van der Waals surface area contributed by atoms with E-state index in [1.165, 1.54) is 30.4 Å². The monoisotopic (exact) mass is 314 g/mol. The van der Waals surface area contributed by atoms with E-state index in [0.717, 1.165) is 35.1 Å². The molecule has 120 valence electrons. The number of nitrogens with zero attached hydrogens (tertiary/aromatic N) is 2. The van der Waals surface area contributed by atoms with Gasteiger partial charge in [-0.25, -0.2) is 0 Å². The Labute approximate surface area is 144 Å². The molecule has 1 aliphatic rings. The van der Waals surface area contributed by atoms with Crippen LogP contribution in [0.2, 0.25) is 0 Å². The number of hydrogen-bond donors (Lipinski definition) is 0. The highest BCUT2D eigenvalue weighted by Crippen LogP contribution is 2.45. The van der Waals surface area contributed by atoms with E-state index in [-0.39, 0.29) is 5.41 Å². The van der Waals surface area contributed by atoms with Crippen LogP contribution >= 0.6 is 0 Å². The Morgan fingerprint density at radius 3 is 1.58 bits per heavy atom. The predicted octanol–water partition coefficient (Wildman–Crippen LogP) is 5.30. The summed E-state index contributed by atoms with van der Waals surface area (Å²) in [5.74, 6) is 0. The zero-order valence-corrected chi connectivity index (χ0v) is 14.4. The molecule has 2 aromatic rings. The molecular weight excluding hydrogens is 292 g/mol. The summed E-state index contributed by atoms with van der Waals surface area (Å²) in [6, 6.07) is 17.1. The summed E-state index contributed by atoms with van der Waals surface area (Å²) in [5, 5.41) is 18.4. The van der Waals surface area contributed by atoms with Gasteiger partial charge >= 0.3 is 0 Å². The van der Waals surface area contributed by atoms with Crippen molar-refractivity contribution in [3.63, 3.8) is 0 Å². The fourth-order valence-corrected chi connectivity index (χ4v) is 4.07. The summed E-state index contributed by atoms with van der Waals surface area (Å²) < 4.78 is 0. The largest absolute Gasteiger partial charge is 0.192 e. The normalized spacial score (nSPS) is 16.2. The number of rotatable bonds is 2. The Morgan fingerprint density at radius 1 is 0.750 bits per heavy atom. The SMILES string of the molecule is Cc1cc(C2(c3ccc(C#N)c(C)c3)CCCCC2)ccc1C#N. The van der Waals surface area contributed by atoms with Crippen molar-refractivity contribution in [2.24, 2.45) is 0 Å². The van der Waals surface area contributed by atoms with Crippen LogP contribution < -0.4 is 0 Å². The lowest BCUT2D eigenvalue weighted by Crippen LogP contribution is -2.30. The van der Waals surface area contributed by atoms with Gasteiger partial charge in [0.1, 0.15) is 0 Å². The molecule has 2 nitrogen and oxygen atoms in total. The van der Waals surface area contributed by atoms with Crippen LogP contribution in [0.25, 0.3) is 0 Å². The average Bonchev–Trinajstić information content (AvgIpc) is 2.62. The van der Waals surface area contributed by atoms with Gasteiger partial charge in [0, 0.05) is 5.41 Å².